The molecular formula is C15H18N2O4S. The van der Waals surface area contributed by atoms with E-state index in [4.69, 9.17) is 10.00 Å². The van der Waals surface area contributed by atoms with E-state index < -0.39 is 22.0 Å². The van der Waals surface area contributed by atoms with Crippen molar-refractivity contribution in [3.63, 3.8) is 0 Å². The average Bonchev–Trinajstić information content (AvgIpc) is 2.55. The minimum atomic E-state index is -3.83. The molecule has 1 heterocycles. The quantitative estimate of drug-likeness (QED) is 0.787. The Morgan fingerprint density at radius 1 is 1.45 bits per heavy atom. The highest BCUT2D eigenvalue weighted by Crippen LogP contribution is 2.26. The molecule has 1 aromatic rings. The van der Waals surface area contributed by atoms with Gasteiger partial charge in [0.25, 0.3) is 0 Å². The fourth-order valence-electron chi connectivity index (χ4n) is 2.53. The van der Waals surface area contributed by atoms with E-state index in [9.17, 15) is 13.2 Å². The summed E-state index contributed by atoms with van der Waals surface area (Å²) in [6.45, 7) is 2.19. The van der Waals surface area contributed by atoms with Gasteiger partial charge in [-0.05, 0) is 44.4 Å². The second kappa shape index (κ2) is 6.90. The fraction of sp³-hybridized carbons (Fsp3) is 0.467. The number of nitriles is 1. The summed E-state index contributed by atoms with van der Waals surface area (Å²) in [4.78, 5) is 12.1. The summed E-state index contributed by atoms with van der Waals surface area (Å²) in [7, 11) is -3.83. The third-order valence-electron chi connectivity index (χ3n) is 3.58. The van der Waals surface area contributed by atoms with Crippen LogP contribution in [0.1, 0.15) is 31.7 Å². The molecule has 0 spiro atoms. The van der Waals surface area contributed by atoms with E-state index in [2.05, 4.69) is 0 Å². The molecule has 7 heteroatoms. The van der Waals surface area contributed by atoms with E-state index in [1.165, 1.54) is 28.6 Å². The van der Waals surface area contributed by atoms with Gasteiger partial charge in [-0.25, -0.2) is 8.42 Å². The molecule has 0 N–H and O–H groups in total. The molecule has 118 valence electrons. The molecule has 0 aromatic heterocycles. The van der Waals surface area contributed by atoms with Gasteiger partial charge in [0, 0.05) is 6.54 Å². The van der Waals surface area contributed by atoms with E-state index in [1.54, 1.807) is 6.92 Å². The number of benzene rings is 1. The lowest BCUT2D eigenvalue weighted by atomic mass is 10.1. The van der Waals surface area contributed by atoms with Crippen LogP contribution >= 0.6 is 0 Å². The van der Waals surface area contributed by atoms with Crippen molar-refractivity contribution in [2.24, 2.45) is 0 Å². The predicted molar refractivity (Wildman–Crippen MR) is 79.3 cm³/mol. The first-order valence-corrected chi connectivity index (χ1v) is 8.63. The highest BCUT2D eigenvalue weighted by Gasteiger charge is 2.38. The predicted octanol–water partition coefficient (Wildman–Crippen LogP) is 1.66. The molecule has 1 unspecified atom stereocenters. The summed E-state index contributed by atoms with van der Waals surface area (Å²) in [6, 6.07) is 6.96. The second-order valence-electron chi connectivity index (χ2n) is 5.02. The molecule has 0 bridgehead atoms. The van der Waals surface area contributed by atoms with Gasteiger partial charge in [0.15, 0.2) is 0 Å². The van der Waals surface area contributed by atoms with Crippen LogP contribution in [0, 0.1) is 11.3 Å². The van der Waals surface area contributed by atoms with Crippen molar-refractivity contribution in [1.82, 2.24) is 4.31 Å². The molecule has 0 saturated carbocycles. The van der Waals surface area contributed by atoms with E-state index in [1.807, 2.05) is 6.07 Å². The lowest BCUT2D eigenvalue weighted by molar-refractivity contribution is -0.148. The lowest BCUT2D eigenvalue weighted by Gasteiger charge is -2.32. The molecule has 0 radical (unpaired) electrons. The smallest absolute Gasteiger partial charge is 0.324 e. The van der Waals surface area contributed by atoms with Crippen LogP contribution in [0.3, 0.4) is 0 Å². The van der Waals surface area contributed by atoms with Crippen molar-refractivity contribution in [3.05, 3.63) is 29.8 Å². The maximum atomic E-state index is 12.8. The van der Waals surface area contributed by atoms with E-state index in [-0.39, 0.29) is 23.6 Å². The Morgan fingerprint density at radius 2 is 2.23 bits per heavy atom. The second-order valence-corrected chi connectivity index (χ2v) is 6.91. The summed E-state index contributed by atoms with van der Waals surface area (Å²) in [5, 5.41) is 8.92. The minimum absolute atomic E-state index is 0.0303. The summed E-state index contributed by atoms with van der Waals surface area (Å²) in [5.41, 5.74) is 0.269. The van der Waals surface area contributed by atoms with Crippen molar-refractivity contribution in [2.75, 3.05) is 13.2 Å². The van der Waals surface area contributed by atoms with Crippen LogP contribution in [0.2, 0.25) is 0 Å². The third-order valence-corrected chi connectivity index (χ3v) is 5.49. The van der Waals surface area contributed by atoms with E-state index >= 15 is 0 Å². The van der Waals surface area contributed by atoms with Gasteiger partial charge in [-0.3, -0.25) is 4.79 Å². The Kier molecular flexibility index (Phi) is 5.16. The Labute approximate surface area is 130 Å². The Morgan fingerprint density at radius 3 is 2.91 bits per heavy atom. The van der Waals surface area contributed by atoms with Crippen LogP contribution in [0.15, 0.2) is 29.2 Å². The third kappa shape index (κ3) is 3.29. The normalized spacial score (nSPS) is 19.4. The van der Waals surface area contributed by atoms with Gasteiger partial charge in [-0.2, -0.15) is 9.57 Å². The number of nitrogens with zero attached hydrogens (tertiary/aromatic N) is 2. The topological polar surface area (TPSA) is 87.5 Å². The molecule has 22 heavy (non-hydrogen) atoms. The number of hydrogen-bond acceptors (Lipinski definition) is 5. The van der Waals surface area contributed by atoms with Crippen LogP contribution in [0.25, 0.3) is 0 Å². The van der Waals surface area contributed by atoms with Crippen molar-refractivity contribution >= 4 is 16.0 Å². The zero-order chi connectivity index (χ0) is 16.2. The monoisotopic (exact) mass is 322 g/mol. The molecule has 6 nitrogen and oxygen atoms in total. The summed E-state index contributed by atoms with van der Waals surface area (Å²) in [5.74, 6) is -0.512. The fourth-order valence-corrected chi connectivity index (χ4v) is 4.22. The summed E-state index contributed by atoms with van der Waals surface area (Å²) >= 11 is 0. The lowest BCUT2D eigenvalue weighted by Crippen LogP contribution is -2.48. The van der Waals surface area contributed by atoms with Gasteiger partial charge < -0.3 is 4.74 Å². The molecule has 2 rings (SSSR count). The number of esters is 1. The Bertz CT molecular complexity index is 694. The Hall–Kier alpha value is -1.91. The summed E-state index contributed by atoms with van der Waals surface area (Å²) in [6.07, 6.45) is 1.94. The molecule has 1 saturated heterocycles. The molecule has 1 aliphatic heterocycles. The SMILES string of the molecule is CCOC(=O)C1CCCCN1S(=O)(=O)c1cccc(C#N)c1. The van der Waals surface area contributed by atoms with E-state index in [0.717, 1.165) is 6.42 Å². The van der Waals surface area contributed by atoms with Crippen LogP contribution in [0.4, 0.5) is 0 Å². The van der Waals surface area contributed by atoms with Crippen LogP contribution in [-0.4, -0.2) is 37.9 Å². The summed E-state index contributed by atoms with van der Waals surface area (Å²) < 4.78 is 31.8. The van der Waals surface area contributed by atoms with E-state index in [0.29, 0.717) is 12.8 Å². The van der Waals surface area contributed by atoms with Crippen LogP contribution < -0.4 is 0 Å². The molecular weight excluding hydrogens is 304 g/mol. The van der Waals surface area contributed by atoms with Crippen LogP contribution in [0.5, 0.6) is 0 Å². The van der Waals surface area contributed by atoms with Gasteiger partial charge in [0.05, 0.1) is 23.1 Å². The number of carbonyl (C=O) groups excluding carboxylic acids is 1. The van der Waals surface area contributed by atoms with Gasteiger partial charge in [0.1, 0.15) is 6.04 Å². The van der Waals surface area contributed by atoms with Crippen molar-refractivity contribution in [2.45, 2.75) is 37.1 Å². The molecule has 1 aliphatic rings. The standard InChI is InChI=1S/C15H18N2O4S/c1-2-21-15(18)14-8-3-4-9-17(14)22(19,20)13-7-5-6-12(10-13)11-16/h5-7,10,14H,2-4,8-9H2,1H3. The van der Waals surface area contributed by atoms with Gasteiger partial charge in [0.2, 0.25) is 10.0 Å². The first kappa shape index (κ1) is 16.5. The number of ether oxygens (including phenoxy) is 1. The van der Waals surface area contributed by atoms with Crippen LogP contribution in [-0.2, 0) is 19.6 Å². The van der Waals surface area contributed by atoms with Gasteiger partial charge in [-0.1, -0.05) is 6.07 Å². The minimum Gasteiger partial charge on any atom is -0.465 e. The molecule has 0 aliphatic carbocycles. The highest BCUT2D eigenvalue weighted by atomic mass is 32.2. The molecule has 1 aromatic carbocycles. The largest absolute Gasteiger partial charge is 0.465 e. The zero-order valence-electron chi connectivity index (χ0n) is 12.4. The molecule has 0 amide bonds. The van der Waals surface area contributed by atoms with Crippen molar-refractivity contribution in [1.29, 1.82) is 5.26 Å². The first-order valence-electron chi connectivity index (χ1n) is 7.19. The number of sulfonamides is 1. The highest BCUT2D eigenvalue weighted by molar-refractivity contribution is 7.89. The number of piperidine rings is 1. The molecule has 1 atom stereocenters. The Balaban J connectivity index is 2.36. The number of rotatable bonds is 4. The average molecular weight is 322 g/mol. The maximum Gasteiger partial charge on any atom is 0.324 e. The van der Waals surface area contributed by atoms with Gasteiger partial charge in [-0.15, -0.1) is 0 Å². The van der Waals surface area contributed by atoms with Gasteiger partial charge >= 0.3 is 5.97 Å². The first-order chi connectivity index (χ1) is 10.5. The number of hydrogen-bond donors (Lipinski definition) is 0. The zero-order valence-corrected chi connectivity index (χ0v) is 13.2. The van der Waals surface area contributed by atoms with Crippen molar-refractivity contribution in [3.8, 4) is 6.07 Å². The maximum absolute atomic E-state index is 12.8. The molecule has 1 fully saturated rings. The number of carbonyl (C=O) groups is 1. The van der Waals surface area contributed by atoms with Crippen molar-refractivity contribution < 1.29 is 17.9 Å².